The van der Waals surface area contributed by atoms with E-state index in [-0.39, 0.29) is 6.04 Å². The molecule has 1 N–H and O–H groups in total. The van der Waals surface area contributed by atoms with Crippen molar-refractivity contribution in [2.45, 2.75) is 44.6 Å². The molecule has 2 fully saturated rings. The number of halogens is 1. The molecule has 0 radical (unpaired) electrons. The van der Waals surface area contributed by atoms with Crippen molar-refractivity contribution in [3.05, 3.63) is 40.5 Å². The van der Waals surface area contributed by atoms with Gasteiger partial charge in [0.05, 0.1) is 0 Å². The lowest BCUT2D eigenvalue weighted by Gasteiger charge is -2.36. The number of rotatable bonds is 3. The molecule has 2 heterocycles. The molecule has 0 bridgehead atoms. The molecule has 31 heavy (non-hydrogen) atoms. The molecule has 0 atom stereocenters. The van der Waals surface area contributed by atoms with Crippen LogP contribution in [0.25, 0.3) is 11.4 Å². The molecule has 162 valence electrons. The lowest BCUT2D eigenvalue weighted by molar-refractivity contribution is -0.146. The van der Waals surface area contributed by atoms with Gasteiger partial charge in [0.15, 0.2) is 5.82 Å². The summed E-state index contributed by atoms with van der Waals surface area (Å²) in [7, 11) is 0. The van der Waals surface area contributed by atoms with E-state index < -0.39 is 11.8 Å². The van der Waals surface area contributed by atoms with Gasteiger partial charge in [0.1, 0.15) is 5.82 Å². The van der Waals surface area contributed by atoms with Crippen molar-refractivity contribution in [1.29, 1.82) is 0 Å². The van der Waals surface area contributed by atoms with Crippen LogP contribution in [0.15, 0.2) is 24.3 Å². The van der Waals surface area contributed by atoms with Crippen molar-refractivity contribution in [2.24, 2.45) is 0 Å². The molecule has 1 saturated carbocycles. The fourth-order valence-corrected chi connectivity index (χ4v) is 4.52. The van der Waals surface area contributed by atoms with Crippen molar-refractivity contribution in [3.8, 4) is 11.4 Å². The largest absolute Gasteiger partial charge is 0.353 e. The minimum Gasteiger partial charge on any atom is -0.353 e. The summed E-state index contributed by atoms with van der Waals surface area (Å²) < 4.78 is 0. The third kappa shape index (κ3) is 4.37. The Morgan fingerprint density at radius 2 is 1.81 bits per heavy atom. The Bertz CT molecular complexity index is 1020. The summed E-state index contributed by atoms with van der Waals surface area (Å²) in [6.07, 6.45) is 6.15. The number of benzene rings is 1. The average Bonchev–Trinajstić information content (AvgIpc) is 3.62. The van der Waals surface area contributed by atoms with Gasteiger partial charge in [0.25, 0.3) is 0 Å². The lowest BCUT2D eigenvalue weighted by Crippen LogP contribution is -2.53. The van der Waals surface area contributed by atoms with E-state index in [4.69, 9.17) is 21.6 Å². The Hall–Kier alpha value is -2.67. The third-order valence-electron chi connectivity index (χ3n) is 6.22. The van der Waals surface area contributed by atoms with Crippen LogP contribution in [0.4, 0.5) is 5.82 Å². The van der Waals surface area contributed by atoms with E-state index in [9.17, 15) is 9.59 Å². The number of nitrogens with zero attached hydrogens (tertiary/aromatic N) is 4. The van der Waals surface area contributed by atoms with E-state index in [1.807, 2.05) is 24.3 Å². The molecule has 5 rings (SSSR count). The quantitative estimate of drug-likeness (QED) is 0.744. The second-order valence-corrected chi connectivity index (χ2v) is 8.98. The first-order valence-electron chi connectivity index (χ1n) is 11.1. The minimum atomic E-state index is -0.474. The van der Waals surface area contributed by atoms with Gasteiger partial charge in [-0.15, -0.1) is 0 Å². The highest BCUT2D eigenvalue weighted by atomic mass is 35.5. The average molecular weight is 440 g/mol. The molecule has 1 aliphatic heterocycles. The van der Waals surface area contributed by atoms with Gasteiger partial charge >= 0.3 is 11.8 Å². The first-order valence-corrected chi connectivity index (χ1v) is 11.5. The number of carbonyl (C=O) groups excluding carboxylic acids is 2. The summed E-state index contributed by atoms with van der Waals surface area (Å²) in [5, 5.41) is 3.45. The predicted molar refractivity (Wildman–Crippen MR) is 119 cm³/mol. The Morgan fingerprint density at radius 3 is 2.55 bits per heavy atom. The molecule has 2 aromatic rings. The Labute approximate surface area is 186 Å². The van der Waals surface area contributed by atoms with Gasteiger partial charge in [-0.05, 0) is 50.7 Å². The fraction of sp³-hybridized carbons (Fsp3) is 0.478. The topological polar surface area (TPSA) is 78.4 Å². The number of amides is 2. The van der Waals surface area contributed by atoms with Crippen LogP contribution in [-0.2, 0) is 22.4 Å². The SMILES string of the molecule is O=C(NC1CC1)C(=O)N1CCN(c2nc(-c3cccc(Cl)c3)nc3c2CCCC3)CC1. The van der Waals surface area contributed by atoms with Gasteiger partial charge in [0, 0.05) is 54.1 Å². The number of piperazine rings is 1. The van der Waals surface area contributed by atoms with Gasteiger partial charge in [-0.2, -0.15) is 0 Å². The molecule has 1 aromatic carbocycles. The van der Waals surface area contributed by atoms with Crippen LogP contribution in [0.5, 0.6) is 0 Å². The van der Waals surface area contributed by atoms with Crippen LogP contribution < -0.4 is 10.2 Å². The highest BCUT2D eigenvalue weighted by Crippen LogP contribution is 2.32. The van der Waals surface area contributed by atoms with Crippen molar-refractivity contribution >= 4 is 29.2 Å². The van der Waals surface area contributed by atoms with Crippen LogP contribution in [0, 0.1) is 0 Å². The van der Waals surface area contributed by atoms with Crippen LogP contribution in [-0.4, -0.2) is 58.9 Å². The summed E-state index contributed by atoms with van der Waals surface area (Å²) in [4.78, 5) is 38.3. The summed E-state index contributed by atoms with van der Waals surface area (Å²) in [5.74, 6) is 0.768. The molecule has 8 heteroatoms. The van der Waals surface area contributed by atoms with Crippen LogP contribution in [0.1, 0.15) is 36.9 Å². The standard InChI is InChI=1S/C23H26ClN5O2/c24-16-5-3-4-15(14-16)20-26-19-7-2-1-6-18(19)21(27-20)28-10-12-29(13-11-28)23(31)22(30)25-17-8-9-17/h3-5,14,17H,1-2,6-13H2,(H,25,30). The molecule has 1 saturated heterocycles. The maximum Gasteiger partial charge on any atom is 0.312 e. The second kappa shape index (κ2) is 8.46. The number of aromatic nitrogens is 2. The number of aryl methyl sites for hydroxylation is 1. The fourth-order valence-electron chi connectivity index (χ4n) is 4.33. The molecular formula is C23H26ClN5O2. The second-order valence-electron chi connectivity index (χ2n) is 8.54. The third-order valence-corrected chi connectivity index (χ3v) is 6.45. The number of anilines is 1. The zero-order chi connectivity index (χ0) is 21.4. The number of fused-ring (bicyclic) bond motifs is 1. The summed E-state index contributed by atoms with van der Waals surface area (Å²) in [6, 6.07) is 7.83. The minimum absolute atomic E-state index is 0.190. The maximum absolute atomic E-state index is 12.5. The van der Waals surface area contributed by atoms with Gasteiger partial charge in [-0.3, -0.25) is 9.59 Å². The zero-order valence-electron chi connectivity index (χ0n) is 17.4. The summed E-state index contributed by atoms with van der Waals surface area (Å²) in [5.41, 5.74) is 3.25. The number of nitrogens with one attached hydrogen (secondary N) is 1. The molecule has 2 aliphatic carbocycles. The molecule has 0 spiro atoms. The van der Waals surface area contributed by atoms with E-state index in [0.717, 1.165) is 55.6 Å². The van der Waals surface area contributed by atoms with Gasteiger partial charge in [-0.25, -0.2) is 9.97 Å². The summed E-state index contributed by atoms with van der Waals surface area (Å²) in [6.45, 7) is 2.34. The van der Waals surface area contributed by atoms with Crippen LogP contribution in [0.2, 0.25) is 5.02 Å². The molecular weight excluding hydrogens is 414 g/mol. The highest BCUT2D eigenvalue weighted by molar-refractivity contribution is 6.35. The van der Waals surface area contributed by atoms with Crippen molar-refractivity contribution in [1.82, 2.24) is 20.2 Å². The van der Waals surface area contributed by atoms with Gasteiger partial charge in [0.2, 0.25) is 0 Å². The van der Waals surface area contributed by atoms with E-state index in [1.165, 1.54) is 5.56 Å². The van der Waals surface area contributed by atoms with Gasteiger partial charge < -0.3 is 15.1 Å². The first-order chi connectivity index (χ1) is 15.1. The van der Waals surface area contributed by atoms with Gasteiger partial charge in [-0.1, -0.05) is 23.7 Å². The maximum atomic E-state index is 12.5. The smallest absolute Gasteiger partial charge is 0.312 e. The Morgan fingerprint density at radius 1 is 1.03 bits per heavy atom. The van der Waals surface area contributed by atoms with Crippen LogP contribution in [0.3, 0.4) is 0 Å². The van der Waals surface area contributed by atoms with E-state index >= 15 is 0 Å². The Kier molecular flexibility index (Phi) is 5.52. The van der Waals surface area contributed by atoms with E-state index in [1.54, 1.807) is 4.90 Å². The first kappa shape index (κ1) is 20.2. The number of carbonyl (C=O) groups is 2. The zero-order valence-corrected chi connectivity index (χ0v) is 18.2. The van der Waals surface area contributed by atoms with Crippen molar-refractivity contribution < 1.29 is 9.59 Å². The van der Waals surface area contributed by atoms with Crippen molar-refractivity contribution in [3.63, 3.8) is 0 Å². The highest BCUT2D eigenvalue weighted by Gasteiger charge is 2.32. The van der Waals surface area contributed by atoms with Crippen LogP contribution >= 0.6 is 11.6 Å². The predicted octanol–water partition coefficient (Wildman–Crippen LogP) is 2.60. The Balaban J connectivity index is 1.36. The molecule has 2 amide bonds. The molecule has 3 aliphatic rings. The molecule has 1 aromatic heterocycles. The molecule has 0 unspecified atom stereocenters. The number of hydrogen-bond donors (Lipinski definition) is 1. The molecule has 7 nitrogen and oxygen atoms in total. The normalized spacial score (nSPS) is 18.5. The van der Waals surface area contributed by atoms with E-state index in [2.05, 4.69) is 10.2 Å². The monoisotopic (exact) mass is 439 g/mol. The van der Waals surface area contributed by atoms with Crippen molar-refractivity contribution in [2.75, 3.05) is 31.1 Å². The summed E-state index contributed by atoms with van der Waals surface area (Å²) >= 11 is 6.20. The number of hydrogen-bond acceptors (Lipinski definition) is 5. The lowest BCUT2D eigenvalue weighted by atomic mass is 9.95. The van der Waals surface area contributed by atoms with E-state index in [0.29, 0.717) is 37.0 Å².